The fourth-order valence-corrected chi connectivity index (χ4v) is 3.26. The Balaban J connectivity index is 2.02. The van der Waals surface area contributed by atoms with Gasteiger partial charge in [-0.3, -0.25) is 4.90 Å². The molecule has 0 saturated carbocycles. The number of rotatable bonds is 4. The third-order valence-electron chi connectivity index (χ3n) is 3.44. The van der Waals surface area contributed by atoms with Crippen molar-refractivity contribution in [3.8, 4) is 0 Å². The maximum absolute atomic E-state index is 5.94. The summed E-state index contributed by atoms with van der Waals surface area (Å²) in [6.45, 7) is 3.22. The summed E-state index contributed by atoms with van der Waals surface area (Å²) in [5.41, 5.74) is 7.08. The smallest absolute Gasteiger partial charge is 0.146 e. The normalized spacial score (nSPS) is 22.9. The van der Waals surface area contributed by atoms with Gasteiger partial charge in [-0.15, -0.1) is 0 Å². The van der Waals surface area contributed by atoms with E-state index in [0.29, 0.717) is 6.04 Å². The Hall–Kier alpha value is -0.650. The van der Waals surface area contributed by atoms with Crippen molar-refractivity contribution in [2.75, 3.05) is 25.1 Å². The number of nitrogens with zero attached hydrogens (tertiary/aromatic N) is 3. The average molecular weight is 266 g/mol. The maximum atomic E-state index is 5.94. The van der Waals surface area contributed by atoms with Crippen LogP contribution in [0, 0.1) is 0 Å². The first-order valence-corrected chi connectivity index (χ1v) is 7.70. The van der Waals surface area contributed by atoms with Crippen LogP contribution in [0.2, 0.25) is 0 Å². The second-order valence-electron chi connectivity index (χ2n) is 4.89. The molecular formula is C13H22N4S. The van der Waals surface area contributed by atoms with E-state index in [9.17, 15) is 0 Å². The molecule has 2 unspecified atom stereocenters. The third kappa shape index (κ3) is 3.43. The lowest BCUT2D eigenvalue weighted by molar-refractivity contribution is 0.264. The van der Waals surface area contributed by atoms with Crippen LogP contribution < -0.4 is 5.73 Å². The molecule has 2 atom stereocenters. The van der Waals surface area contributed by atoms with E-state index in [4.69, 9.17) is 5.73 Å². The molecule has 0 bridgehead atoms. The zero-order chi connectivity index (χ0) is 13.0. The zero-order valence-corrected chi connectivity index (χ0v) is 12.0. The van der Waals surface area contributed by atoms with E-state index < -0.39 is 0 Å². The zero-order valence-electron chi connectivity index (χ0n) is 11.2. The fourth-order valence-electron chi connectivity index (χ4n) is 2.05. The summed E-state index contributed by atoms with van der Waals surface area (Å²) in [6.07, 6.45) is 5.73. The molecule has 1 saturated heterocycles. The van der Waals surface area contributed by atoms with Gasteiger partial charge < -0.3 is 5.73 Å². The van der Waals surface area contributed by atoms with Crippen molar-refractivity contribution in [2.45, 2.75) is 31.8 Å². The van der Waals surface area contributed by atoms with Gasteiger partial charge in [-0.25, -0.2) is 9.97 Å². The molecule has 100 valence electrons. The molecule has 2 heterocycles. The topological polar surface area (TPSA) is 55.0 Å². The summed E-state index contributed by atoms with van der Waals surface area (Å²) >= 11 is 1.98. The van der Waals surface area contributed by atoms with Gasteiger partial charge >= 0.3 is 0 Å². The molecule has 4 nitrogen and oxygen atoms in total. The summed E-state index contributed by atoms with van der Waals surface area (Å²) in [4.78, 5) is 11.4. The molecule has 0 spiro atoms. The molecular weight excluding hydrogens is 244 g/mol. The van der Waals surface area contributed by atoms with Crippen LogP contribution in [0.3, 0.4) is 0 Å². The van der Waals surface area contributed by atoms with Crippen molar-refractivity contribution >= 4 is 11.8 Å². The molecule has 1 fully saturated rings. The van der Waals surface area contributed by atoms with Crippen LogP contribution in [0.5, 0.6) is 0 Å². The monoisotopic (exact) mass is 266 g/mol. The number of thioether (sulfide) groups is 1. The molecule has 0 aromatic carbocycles. The Kier molecular flexibility index (Phi) is 4.97. The number of nitrogens with two attached hydrogens (primary N) is 1. The molecule has 0 radical (unpaired) electrons. The highest BCUT2D eigenvalue weighted by Crippen LogP contribution is 2.25. The van der Waals surface area contributed by atoms with E-state index in [2.05, 4.69) is 28.8 Å². The highest BCUT2D eigenvalue weighted by Gasteiger charge is 2.23. The van der Waals surface area contributed by atoms with Crippen molar-refractivity contribution < 1.29 is 0 Å². The Morgan fingerprint density at radius 2 is 2.22 bits per heavy atom. The first-order chi connectivity index (χ1) is 8.70. The SMILES string of the molecule is CCC(N)Cc1cnc(C2CSCCN2C)nc1. The van der Waals surface area contributed by atoms with Gasteiger partial charge in [-0.2, -0.15) is 11.8 Å². The van der Waals surface area contributed by atoms with Gasteiger partial charge in [-0.1, -0.05) is 6.92 Å². The summed E-state index contributed by atoms with van der Waals surface area (Å²) in [6, 6.07) is 0.574. The van der Waals surface area contributed by atoms with E-state index in [0.717, 1.165) is 36.5 Å². The van der Waals surface area contributed by atoms with Gasteiger partial charge in [0, 0.05) is 36.5 Å². The first-order valence-electron chi connectivity index (χ1n) is 6.55. The van der Waals surface area contributed by atoms with E-state index in [1.54, 1.807) is 0 Å². The molecule has 1 aromatic heterocycles. The molecule has 2 N–H and O–H groups in total. The van der Waals surface area contributed by atoms with Crippen LogP contribution in [0.25, 0.3) is 0 Å². The minimum Gasteiger partial charge on any atom is -0.327 e. The predicted molar refractivity (Wildman–Crippen MR) is 76.7 cm³/mol. The third-order valence-corrected chi connectivity index (χ3v) is 4.46. The van der Waals surface area contributed by atoms with Crippen molar-refractivity contribution in [1.82, 2.24) is 14.9 Å². The molecule has 0 aliphatic carbocycles. The van der Waals surface area contributed by atoms with E-state index in [-0.39, 0.29) is 6.04 Å². The van der Waals surface area contributed by atoms with Crippen molar-refractivity contribution in [3.05, 3.63) is 23.8 Å². The minimum absolute atomic E-state index is 0.215. The Morgan fingerprint density at radius 3 is 2.83 bits per heavy atom. The Labute approximate surface area is 113 Å². The number of hydrogen-bond donors (Lipinski definition) is 1. The highest BCUT2D eigenvalue weighted by molar-refractivity contribution is 7.99. The second-order valence-corrected chi connectivity index (χ2v) is 6.04. The number of hydrogen-bond acceptors (Lipinski definition) is 5. The molecule has 2 rings (SSSR count). The Bertz CT molecular complexity index is 368. The van der Waals surface area contributed by atoms with Crippen molar-refractivity contribution in [2.24, 2.45) is 5.73 Å². The average Bonchev–Trinajstić information content (AvgIpc) is 2.40. The highest BCUT2D eigenvalue weighted by atomic mass is 32.2. The van der Waals surface area contributed by atoms with Crippen LogP contribution in [0.4, 0.5) is 0 Å². The first kappa shape index (κ1) is 13.8. The molecule has 0 amide bonds. The largest absolute Gasteiger partial charge is 0.327 e. The lowest BCUT2D eigenvalue weighted by Crippen LogP contribution is -2.33. The van der Waals surface area contributed by atoms with Gasteiger partial charge in [0.05, 0.1) is 6.04 Å². The summed E-state index contributed by atoms with van der Waals surface area (Å²) < 4.78 is 0. The standard InChI is InChI=1S/C13H22N4S/c1-3-11(14)6-10-7-15-13(16-8-10)12-9-18-5-4-17(12)2/h7-8,11-12H,3-6,9,14H2,1-2H3. The van der Waals surface area contributed by atoms with Crippen LogP contribution in [-0.2, 0) is 6.42 Å². The quantitative estimate of drug-likeness (QED) is 0.894. The van der Waals surface area contributed by atoms with Crippen LogP contribution in [0.1, 0.15) is 30.8 Å². The summed E-state index contributed by atoms with van der Waals surface area (Å²) in [5.74, 6) is 3.24. The van der Waals surface area contributed by atoms with E-state index in [1.165, 1.54) is 5.75 Å². The molecule has 5 heteroatoms. The van der Waals surface area contributed by atoms with Gasteiger partial charge in [0.2, 0.25) is 0 Å². The number of aromatic nitrogens is 2. The lowest BCUT2D eigenvalue weighted by Gasteiger charge is -2.30. The van der Waals surface area contributed by atoms with Gasteiger partial charge in [0.25, 0.3) is 0 Å². The molecule has 1 aromatic rings. The second kappa shape index (κ2) is 6.50. The fraction of sp³-hybridized carbons (Fsp3) is 0.692. The van der Waals surface area contributed by atoms with E-state index in [1.807, 2.05) is 24.2 Å². The van der Waals surface area contributed by atoms with Gasteiger partial charge in [0.15, 0.2) is 0 Å². The van der Waals surface area contributed by atoms with Crippen molar-refractivity contribution in [3.63, 3.8) is 0 Å². The molecule has 1 aliphatic heterocycles. The summed E-state index contributed by atoms with van der Waals surface area (Å²) in [7, 11) is 2.15. The minimum atomic E-state index is 0.215. The van der Waals surface area contributed by atoms with Gasteiger partial charge in [-0.05, 0) is 25.5 Å². The maximum Gasteiger partial charge on any atom is 0.146 e. The Morgan fingerprint density at radius 1 is 1.50 bits per heavy atom. The van der Waals surface area contributed by atoms with Gasteiger partial charge in [0.1, 0.15) is 5.82 Å². The molecule has 1 aliphatic rings. The molecule has 18 heavy (non-hydrogen) atoms. The van der Waals surface area contributed by atoms with E-state index >= 15 is 0 Å². The van der Waals surface area contributed by atoms with Crippen LogP contribution in [-0.4, -0.2) is 46.0 Å². The van der Waals surface area contributed by atoms with Crippen molar-refractivity contribution in [1.29, 1.82) is 0 Å². The lowest BCUT2D eigenvalue weighted by atomic mass is 10.1. The van der Waals surface area contributed by atoms with Crippen LogP contribution >= 0.6 is 11.8 Å². The predicted octanol–water partition coefficient (Wildman–Crippen LogP) is 1.48. The van der Waals surface area contributed by atoms with Crippen LogP contribution in [0.15, 0.2) is 12.4 Å². The summed E-state index contributed by atoms with van der Waals surface area (Å²) in [5, 5.41) is 0.